The average Bonchev–Trinajstić information content (AvgIpc) is 3.19. The summed E-state index contributed by atoms with van der Waals surface area (Å²) >= 11 is 0. The van der Waals surface area contributed by atoms with Crippen LogP contribution in [-0.4, -0.2) is 49.1 Å². The maximum Gasteiger partial charge on any atom is 0.416 e. The highest BCUT2D eigenvalue weighted by Gasteiger charge is 2.42. The number of carbonyl (C=O) groups excluding carboxylic acids is 1. The standard InChI is InChI=1S/C33H43F3N2O4/c1-9-22-15-29(41-8)27(16-28(22)37(7)21(4)39)26-10-11-32(5,6)17-24(26)18-38-20(3)30(42-31(38)40)23-12-19(2)13-25(14-23)33(34,35)36/h12-16,20-21,30,39H,9-11,17-18H2,1-8H3. The normalized spacial score (nSPS) is 21.4. The first kappa shape index (κ1) is 31.7. The van der Waals surface area contributed by atoms with Crippen LogP contribution in [0.25, 0.3) is 5.57 Å². The van der Waals surface area contributed by atoms with Gasteiger partial charge in [0, 0.05) is 24.8 Å². The van der Waals surface area contributed by atoms with Crippen molar-refractivity contribution in [3.63, 3.8) is 0 Å². The zero-order valence-corrected chi connectivity index (χ0v) is 25.9. The molecule has 3 unspecified atom stereocenters. The first-order valence-electron chi connectivity index (χ1n) is 14.6. The number of cyclic esters (lactones) is 1. The molecule has 1 N–H and O–H groups in total. The Kier molecular flexibility index (Phi) is 8.93. The minimum Gasteiger partial charge on any atom is -0.496 e. The number of amides is 1. The summed E-state index contributed by atoms with van der Waals surface area (Å²) in [5.74, 6) is 0.733. The molecule has 0 saturated carbocycles. The van der Waals surface area contributed by atoms with E-state index in [0.29, 0.717) is 17.7 Å². The number of halogens is 3. The van der Waals surface area contributed by atoms with Gasteiger partial charge in [-0.3, -0.25) is 4.90 Å². The minimum atomic E-state index is -4.49. The van der Waals surface area contributed by atoms with Gasteiger partial charge in [0.05, 0.1) is 18.7 Å². The van der Waals surface area contributed by atoms with Crippen molar-refractivity contribution in [1.82, 2.24) is 4.90 Å². The Morgan fingerprint density at radius 3 is 2.50 bits per heavy atom. The lowest BCUT2D eigenvalue weighted by atomic mass is 9.72. The number of rotatable bonds is 8. The summed E-state index contributed by atoms with van der Waals surface area (Å²) in [7, 11) is 3.50. The number of alkyl halides is 3. The molecule has 4 rings (SSSR count). The van der Waals surface area contributed by atoms with Crippen LogP contribution >= 0.6 is 0 Å². The third-order valence-corrected chi connectivity index (χ3v) is 8.73. The highest BCUT2D eigenvalue weighted by atomic mass is 19.4. The van der Waals surface area contributed by atoms with Gasteiger partial charge in [0.15, 0.2) is 0 Å². The summed E-state index contributed by atoms with van der Waals surface area (Å²) < 4.78 is 52.2. The summed E-state index contributed by atoms with van der Waals surface area (Å²) in [6, 6.07) is 7.46. The Morgan fingerprint density at radius 2 is 1.90 bits per heavy atom. The van der Waals surface area contributed by atoms with Crippen LogP contribution in [-0.2, 0) is 17.3 Å². The predicted molar refractivity (Wildman–Crippen MR) is 159 cm³/mol. The third-order valence-electron chi connectivity index (χ3n) is 8.73. The maximum absolute atomic E-state index is 13.6. The number of hydrogen-bond acceptors (Lipinski definition) is 5. The summed E-state index contributed by atoms with van der Waals surface area (Å²) in [6.07, 6.45) is -3.32. The molecule has 6 nitrogen and oxygen atoms in total. The van der Waals surface area contributed by atoms with Crippen molar-refractivity contribution in [3.8, 4) is 5.75 Å². The molecule has 1 aliphatic carbocycles. The van der Waals surface area contributed by atoms with Crippen LogP contribution in [0.4, 0.5) is 23.7 Å². The number of aliphatic hydroxyl groups is 1. The van der Waals surface area contributed by atoms with Gasteiger partial charge in [-0.25, -0.2) is 4.79 Å². The van der Waals surface area contributed by atoms with Gasteiger partial charge in [-0.1, -0.05) is 32.4 Å². The number of anilines is 1. The molecule has 0 spiro atoms. The topological polar surface area (TPSA) is 62.2 Å². The fraction of sp³-hybridized carbons (Fsp3) is 0.545. The lowest BCUT2D eigenvalue weighted by Crippen LogP contribution is -2.35. The quantitative estimate of drug-likeness (QED) is 0.318. The van der Waals surface area contributed by atoms with Gasteiger partial charge < -0.3 is 19.5 Å². The van der Waals surface area contributed by atoms with Crippen molar-refractivity contribution < 1.29 is 32.5 Å². The van der Waals surface area contributed by atoms with Gasteiger partial charge >= 0.3 is 12.3 Å². The van der Waals surface area contributed by atoms with E-state index in [0.717, 1.165) is 71.5 Å². The van der Waals surface area contributed by atoms with Crippen molar-refractivity contribution in [2.24, 2.45) is 5.41 Å². The van der Waals surface area contributed by atoms with Gasteiger partial charge in [-0.2, -0.15) is 13.2 Å². The number of aryl methyl sites for hydroxylation is 2. The summed E-state index contributed by atoms with van der Waals surface area (Å²) in [4.78, 5) is 16.7. The second kappa shape index (κ2) is 11.8. The number of ether oxygens (including phenoxy) is 2. The van der Waals surface area contributed by atoms with Gasteiger partial charge in [0.2, 0.25) is 0 Å². The summed E-state index contributed by atoms with van der Waals surface area (Å²) in [5.41, 5.74) is 5.09. The molecule has 1 fully saturated rings. The Hall–Kier alpha value is -3.20. The number of aliphatic hydroxyl groups excluding tert-OH is 1. The highest BCUT2D eigenvalue weighted by Crippen LogP contribution is 2.47. The molecule has 0 aromatic heterocycles. The second-order valence-electron chi connectivity index (χ2n) is 12.5. The first-order chi connectivity index (χ1) is 19.6. The smallest absolute Gasteiger partial charge is 0.416 e. The lowest BCUT2D eigenvalue weighted by Gasteiger charge is -2.36. The first-order valence-corrected chi connectivity index (χ1v) is 14.6. The molecule has 9 heteroatoms. The highest BCUT2D eigenvalue weighted by molar-refractivity contribution is 5.79. The fourth-order valence-corrected chi connectivity index (χ4v) is 6.22. The van der Waals surface area contributed by atoms with Crippen molar-refractivity contribution in [2.45, 2.75) is 91.8 Å². The number of nitrogens with zero attached hydrogens (tertiary/aromatic N) is 2. The summed E-state index contributed by atoms with van der Waals surface area (Å²) in [5, 5.41) is 10.4. The van der Waals surface area contributed by atoms with Crippen LogP contribution in [0.15, 0.2) is 35.9 Å². The zero-order chi connectivity index (χ0) is 31.1. The van der Waals surface area contributed by atoms with Gasteiger partial charge in [-0.15, -0.1) is 0 Å². The molecule has 230 valence electrons. The molecule has 42 heavy (non-hydrogen) atoms. The Labute approximate surface area is 247 Å². The van der Waals surface area contributed by atoms with Crippen molar-refractivity contribution in [1.29, 1.82) is 0 Å². The maximum atomic E-state index is 13.6. The molecule has 1 amide bonds. The van der Waals surface area contributed by atoms with E-state index in [1.165, 1.54) is 0 Å². The fourth-order valence-electron chi connectivity index (χ4n) is 6.22. The second-order valence-corrected chi connectivity index (χ2v) is 12.5. The van der Waals surface area contributed by atoms with Crippen LogP contribution in [0, 0.1) is 12.3 Å². The van der Waals surface area contributed by atoms with E-state index < -0.39 is 36.2 Å². The van der Waals surface area contributed by atoms with Gasteiger partial charge in [0.1, 0.15) is 18.1 Å². The van der Waals surface area contributed by atoms with Crippen LogP contribution in [0.5, 0.6) is 5.75 Å². The Morgan fingerprint density at radius 1 is 1.21 bits per heavy atom. The van der Waals surface area contributed by atoms with E-state index in [2.05, 4.69) is 26.8 Å². The number of benzene rings is 2. The van der Waals surface area contributed by atoms with Gasteiger partial charge in [-0.05, 0) is 98.4 Å². The van der Waals surface area contributed by atoms with Crippen molar-refractivity contribution in [3.05, 3.63) is 63.7 Å². The van der Waals surface area contributed by atoms with E-state index in [-0.39, 0.29) is 5.41 Å². The van der Waals surface area contributed by atoms with Crippen LogP contribution in [0.1, 0.15) is 87.8 Å². The molecule has 2 aromatic rings. The van der Waals surface area contributed by atoms with Gasteiger partial charge in [0.25, 0.3) is 0 Å². The van der Waals surface area contributed by atoms with Crippen LogP contribution in [0.2, 0.25) is 0 Å². The number of carbonyl (C=O) groups is 1. The van der Waals surface area contributed by atoms with E-state index in [9.17, 15) is 23.1 Å². The number of allylic oxidation sites excluding steroid dienone is 1. The number of methoxy groups -OCH3 is 1. The molecule has 2 aliphatic rings. The van der Waals surface area contributed by atoms with Crippen LogP contribution in [0.3, 0.4) is 0 Å². The lowest BCUT2D eigenvalue weighted by molar-refractivity contribution is -0.137. The van der Waals surface area contributed by atoms with Crippen LogP contribution < -0.4 is 9.64 Å². The molecular formula is C33H43F3N2O4. The van der Waals surface area contributed by atoms with E-state index in [4.69, 9.17) is 9.47 Å². The van der Waals surface area contributed by atoms with Crippen molar-refractivity contribution >= 4 is 17.4 Å². The number of hydrogen-bond donors (Lipinski definition) is 1. The molecule has 3 atom stereocenters. The largest absolute Gasteiger partial charge is 0.496 e. The van der Waals surface area contributed by atoms with Crippen molar-refractivity contribution in [2.75, 3.05) is 25.6 Å². The minimum absolute atomic E-state index is 0.000910. The molecule has 1 heterocycles. The monoisotopic (exact) mass is 588 g/mol. The Balaban J connectivity index is 1.76. The average molecular weight is 589 g/mol. The third kappa shape index (κ3) is 6.41. The van der Waals surface area contributed by atoms with E-state index in [1.54, 1.807) is 31.9 Å². The van der Waals surface area contributed by atoms with E-state index in [1.807, 2.05) is 24.9 Å². The Bertz CT molecular complexity index is 1370. The molecule has 1 aliphatic heterocycles. The zero-order valence-electron chi connectivity index (χ0n) is 25.9. The summed E-state index contributed by atoms with van der Waals surface area (Å²) in [6.45, 7) is 11.9. The molecule has 1 saturated heterocycles. The molecule has 2 aromatic carbocycles. The SMILES string of the molecule is CCc1cc(OC)c(C2=C(CN3C(=O)OC(c4cc(C)cc(C(F)(F)F)c4)C3C)CC(C)(C)CC2)cc1N(C)C(C)O. The molecule has 0 bridgehead atoms. The molecular weight excluding hydrogens is 545 g/mol. The van der Waals surface area contributed by atoms with E-state index >= 15 is 0 Å². The molecule has 0 radical (unpaired) electrons. The predicted octanol–water partition coefficient (Wildman–Crippen LogP) is 7.91.